The molecule has 0 spiro atoms. The van der Waals surface area contributed by atoms with Gasteiger partial charge in [0.05, 0.1) is 6.04 Å². The molecule has 2 N–H and O–H groups in total. The van der Waals surface area contributed by atoms with Crippen molar-refractivity contribution in [3.8, 4) is 0 Å². The summed E-state index contributed by atoms with van der Waals surface area (Å²) in [6.45, 7) is 2.62. The zero-order valence-corrected chi connectivity index (χ0v) is 11.9. The van der Waals surface area contributed by atoms with Crippen LogP contribution in [0.2, 0.25) is 5.02 Å². The predicted octanol–water partition coefficient (Wildman–Crippen LogP) is 3.39. The summed E-state index contributed by atoms with van der Waals surface area (Å²) in [7, 11) is 2.03. The molecule has 1 heterocycles. The van der Waals surface area contributed by atoms with Gasteiger partial charge in [0.2, 0.25) is 0 Å². The van der Waals surface area contributed by atoms with Crippen LogP contribution in [0.25, 0.3) is 0 Å². The molecule has 0 aliphatic carbocycles. The van der Waals surface area contributed by atoms with Gasteiger partial charge in [-0.05, 0) is 30.7 Å². The maximum atomic E-state index is 5.92. The minimum atomic E-state index is 0.206. The molecule has 0 radical (unpaired) electrons. The van der Waals surface area contributed by atoms with Gasteiger partial charge in [0, 0.05) is 30.4 Å². The molecule has 100 valence electrons. The SMILES string of the molecule is CC(c1ccc(Cl)cc1)N(C)c1ncccc1CN. The van der Waals surface area contributed by atoms with Crippen LogP contribution in [-0.4, -0.2) is 12.0 Å². The maximum Gasteiger partial charge on any atom is 0.133 e. The van der Waals surface area contributed by atoms with E-state index in [2.05, 4.69) is 16.8 Å². The Hall–Kier alpha value is -1.58. The van der Waals surface area contributed by atoms with Crippen LogP contribution in [0.4, 0.5) is 5.82 Å². The predicted molar refractivity (Wildman–Crippen MR) is 80.4 cm³/mol. The molecular formula is C15H18ClN3. The van der Waals surface area contributed by atoms with E-state index in [0.29, 0.717) is 6.54 Å². The number of hydrogen-bond acceptors (Lipinski definition) is 3. The summed E-state index contributed by atoms with van der Waals surface area (Å²) in [6.07, 6.45) is 1.79. The smallest absolute Gasteiger partial charge is 0.133 e. The van der Waals surface area contributed by atoms with E-state index in [4.69, 9.17) is 17.3 Å². The van der Waals surface area contributed by atoms with Crippen molar-refractivity contribution in [3.05, 3.63) is 58.7 Å². The first-order valence-corrected chi connectivity index (χ1v) is 6.63. The number of aromatic nitrogens is 1. The topological polar surface area (TPSA) is 42.2 Å². The quantitative estimate of drug-likeness (QED) is 0.930. The van der Waals surface area contributed by atoms with Crippen molar-refractivity contribution in [2.24, 2.45) is 5.73 Å². The number of nitrogens with two attached hydrogens (primary N) is 1. The van der Waals surface area contributed by atoms with Crippen molar-refractivity contribution in [2.45, 2.75) is 19.5 Å². The fourth-order valence-electron chi connectivity index (χ4n) is 2.06. The second kappa shape index (κ2) is 6.04. The van der Waals surface area contributed by atoms with E-state index in [0.717, 1.165) is 16.4 Å². The van der Waals surface area contributed by atoms with Gasteiger partial charge in [0.1, 0.15) is 5.82 Å². The average Bonchev–Trinajstić information content (AvgIpc) is 2.46. The minimum absolute atomic E-state index is 0.206. The zero-order valence-electron chi connectivity index (χ0n) is 11.2. The third kappa shape index (κ3) is 3.06. The van der Waals surface area contributed by atoms with E-state index in [1.54, 1.807) is 6.20 Å². The number of nitrogens with zero attached hydrogens (tertiary/aromatic N) is 2. The van der Waals surface area contributed by atoms with E-state index >= 15 is 0 Å². The molecule has 0 saturated heterocycles. The number of anilines is 1. The largest absolute Gasteiger partial charge is 0.353 e. The number of pyridine rings is 1. The van der Waals surface area contributed by atoms with Crippen LogP contribution < -0.4 is 10.6 Å². The highest BCUT2D eigenvalue weighted by Gasteiger charge is 2.15. The number of rotatable bonds is 4. The van der Waals surface area contributed by atoms with E-state index in [-0.39, 0.29) is 6.04 Å². The molecule has 4 heteroatoms. The summed E-state index contributed by atoms with van der Waals surface area (Å²) in [6, 6.07) is 12.0. The number of benzene rings is 1. The monoisotopic (exact) mass is 275 g/mol. The molecule has 0 aliphatic heterocycles. The molecule has 0 aliphatic rings. The highest BCUT2D eigenvalue weighted by molar-refractivity contribution is 6.30. The fourth-order valence-corrected chi connectivity index (χ4v) is 2.18. The summed E-state index contributed by atoms with van der Waals surface area (Å²) in [4.78, 5) is 6.56. The first kappa shape index (κ1) is 13.8. The van der Waals surface area contributed by atoms with Gasteiger partial charge in [-0.15, -0.1) is 0 Å². The van der Waals surface area contributed by atoms with Crippen molar-refractivity contribution in [1.29, 1.82) is 0 Å². The van der Waals surface area contributed by atoms with Crippen molar-refractivity contribution in [3.63, 3.8) is 0 Å². The van der Waals surface area contributed by atoms with Crippen molar-refractivity contribution in [1.82, 2.24) is 4.98 Å². The average molecular weight is 276 g/mol. The van der Waals surface area contributed by atoms with Crippen molar-refractivity contribution < 1.29 is 0 Å². The van der Waals surface area contributed by atoms with Gasteiger partial charge in [-0.3, -0.25) is 0 Å². The molecule has 0 amide bonds. The lowest BCUT2D eigenvalue weighted by atomic mass is 10.1. The second-order valence-corrected chi connectivity index (χ2v) is 4.97. The lowest BCUT2D eigenvalue weighted by Gasteiger charge is -2.28. The molecule has 0 fully saturated rings. The molecule has 1 atom stereocenters. The summed E-state index contributed by atoms with van der Waals surface area (Å²) in [5.41, 5.74) is 8.00. The van der Waals surface area contributed by atoms with Crippen LogP contribution in [0, 0.1) is 0 Å². The van der Waals surface area contributed by atoms with Crippen LogP contribution in [0.1, 0.15) is 24.1 Å². The maximum absolute atomic E-state index is 5.92. The Kier molecular flexibility index (Phi) is 4.40. The van der Waals surface area contributed by atoms with Crippen molar-refractivity contribution in [2.75, 3.05) is 11.9 Å². The van der Waals surface area contributed by atoms with Gasteiger partial charge >= 0.3 is 0 Å². The van der Waals surface area contributed by atoms with Crippen LogP contribution in [-0.2, 0) is 6.54 Å². The van der Waals surface area contributed by atoms with Gasteiger partial charge in [-0.2, -0.15) is 0 Å². The standard InChI is InChI=1S/C15H18ClN3/c1-11(12-5-7-14(16)8-6-12)19(2)15-13(10-17)4-3-9-18-15/h3-9,11H,10,17H2,1-2H3. The molecule has 2 aromatic rings. The van der Waals surface area contributed by atoms with Gasteiger partial charge in [-0.25, -0.2) is 4.98 Å². The molecule has 19 heavy (non-hydrogen) atoms. The van der Waals surface area contributed by atoms with Crippen LogP contribution in [0.15, 0.2) is 42.6 Å². The Bertz CT molecular complexity index is 539. The lowest BCUT2D eigenvalue weighted by molar-refractivity contribution is 0.723. The van der Waals surface area contributed by atoms with E-state index in [1.165, 1.54) is 5.56 Å². The third-order valence-electron chi connectivity index (χ3n) is 3.35. The fraction of sp³-hybridized carbons (Fsp3) is 0.267. The zero-order chi connectivity index (χ0) is 13.8. The van der Waals surface area contributed by atoms with E-state index < -0.39 is 0 Å². The molecule has 1 aromatic carbocycles. The second-order valence-electron chi connectivity index (χ2n) is 4.53. The number of halogens is 1. The van der Waals surface area contributed by atoms with Crippen LogP contribution in [0.3, 0.4) is 0 Å². The van der Waals surface area contributed by atoms with Gasteiger partial charge < -0.3 is 10.6 Å². The molecule has 1 aromatic heterocycles. The van der Waals surface area contributed by atoms with Gasteiger partial charge in [0.15, 0.2) is 0 Å². The van der Waals surface area contributed by atoms with E-state index in [1.807, 2.05) is 43.4 Å². The Labute approximate surface area is 119 Å². The molecule has 3 nitrogen and oxygen atoms in total. The summed E-state index contributed by atoms with van der Waals surface area (Å²) in [5, 5.41) is 0.749. The molecule has 1 unspecified atom stereocenters. The summed E-state index contributed by atoms with van der Waals surface area (Å²) < 4.78 is 0. The van der Waals surface area contributed by atoms with Crippen molar-refractivity contribution >= 4 is 17.4 Å². The molecule has 0 bridgehead atoms. The molecular weight excluding hydrogens is 258 g/mol. The van der Waals surface area contributed by atoms with Crippen LogP contribution in [0.5, 0.6) is 0 Å². The van der Waals surface area contributed by atoms with Gasteiger partial charge in [0.25, 0.3) is 0 Å². The number of hydrogen-bond donors (Lipinski definition) is 1. The first-order chi connectivity index (χ1) is 9.13. The lowest BCUT2D eigenvalue weighted by Crippen LogP contribution is -2.24. The summed E-state index contributed by atoms with van der Waals surface area (Å²) >= 11 is 5.92. The first-order valence-electron chi connectivity index (χ1n) is 6.25. The molecule has 0 saturated carbocycles. The minimum Gasteiger partial charge on any atom is -0.353 e. The van der Waals surface area contributed by atoms with Gasteiger partial charge in [-0.1, -0.05) is 29.8 Å². The highest BCUT2D eigenvalue weighted by atomic mass is 35.5. The van der Waals surface area contributed by atoms with E-state index in [9.17, 15) is 0 Å². The normalized spacial score (nSPS) is 12.2. The third-order valence-corrected chi connectivity index (χ3v) is 3.61. The van der Waals surface area contributed by atoms with Crippen LogP contribution >= 0.6 is 11.6 Å². The Morgan fingerprint density at radius 2 is 1.95 bits per heavy atom. The highest BCUT2D eigenvalue weighted by Crippen LogP contribution is 2.26. The summed E-state index contributed by atoms with van der Waals surface area (Å²) in [5.74, 6) is 0.924. The molecule has 2 rings (SSSR count). The Morgan fingerprint density at radius 1 is 1.26 bits per heavy atom. The Morgan fingerprint density at radius 3 is 2.58 bits per heavy atom. The Balaban J connectivity index is 2.28.